The van der Waals surface area contributed by atoms with E-state index in [0.717, 1.165) is 29.7 Å². The van der Waals surface area contributed by atoms with E-state index in [2.05, 4.69) is 5.32 Å². The highest BCUT2D eigenvalue weighted by Crippen LogP contribution is 2.38. The summed E-state index contributed by atoms with van der Waals surface area (Å²) in [4.78, 5) is 26.6. The van der Waals surface area contributed by atoms with Crippen LogP contribution in [0.2, 0.25) is 0 Å². The minimum atomic E-state index is -0.553. The highest BCUT2D eigenvalue weighted by molar-refractivity contribution is 6.05. The van der Waals surface area contributed by atoms with Crippen molar-refractivity contribution >= 4 is 17.5 Å². The van der Waals surface area contributed by atoms with Gasteiger partial charge < -0.3 is 19.7 Å². The zero-order valence-electron chi connectivity index (χ0n) is 14.8. The van der Waals surface area contributed by atoms with Crippen LogP contribution in [-0.2, 0) is 30.9 Å². The third kappa shape index (κ3) is 2.83. The Morgan fingerprint density at radius 3 is 2.56 bits per heavy atom. The molecule has 4 rings (SSSR count). The molecule has 6 nitrogen and oxygen atoms in total. The third-order valence-corrected chi connectivity index (χ3v) is 5.62. The number of likely N-dealkylation sites (tertiary alicyclic amines) is 1. The highest BCUT2D eigenvalue weighted by Gasteiger charge is 2.41. The van der Waals surface area contributed by atoms with Gasteiger partial charge in [-0.3, -0.25) is 9.59 Å². The number of nitrogens with zero attached hydrogens (tertiary/aromatic N) is 1. The monoisotopic (exact) mass is 344 g/mol. The minimum Gasteiger partial charge on any atom is -0.347 e. The maximum atomic E-state index is 12.7. The number of hydrogen-bond donors (Lipinski definition) is 1. The Hall–Kier alpha value is -1.92. The summed E-state index contributed by atoms with van der Waals surface area (Å²) in [6, 6.07) is 5.81. The summed E-state index contributed by atoms with van der Waals surface area (Å²) in [6.07, 6.45) is 1.81. The van der Waals surface area contributed by atoms with Gasteiger partial charge in [0.2, 0.25) is 11.8 Å². The Labute approximate surface area is 147 Å². The molecule has 0 aromatic heterocycles. The molecule has 3 aliphatic heterocycles. The molecule has 1 aromatic carbocycles. The molecule has 3 heterocycles. The molecule has 1 N–H and O–H groups in total. The Morgan fingerprint density at radius 1 is 1.20 bits per heavy atom. The third-order valence-electron chi connectivity index (χ3n) is 5.62. The number of ether oxygens (including phenoxy) is 2. The van der Waals surface area contributed by atoms with Gasteiger partial charge in [-0.2, -0.15) is 0 Å². The van der Waals surface area contributed by atoms with Crippen LogP contribution in [0.4, 0.5) is 5.69 Å². The van der Waals surface area contributed by atoms with Crippen LogP contribution in [0.25, 0.3) is 0 Å². The second kappa shape index (κ2) is 5.81. The van der Waals surface area contributed by atoms with Gasteiger partial charge >= 0.3 is 0 Å². The largest absolute Gasteiger partial charge is 0.347 e. The fourth-order valence-corrected chi connectivity index (χ4v) is 3.90. The van der Waals surface area contributed by atoms with E-state index in [1.54, 1.807) is 0 Å². The fraction of sp³-hybridized carbons (Fsp3) is 0.579. The number of anilines is 1. The molecule has 25 heavy (non-hydrogen) atoms. The SMILES string of the molecule is CC1(C)C(=O)Nc2ccc(CC(=O)N3CCC4(CC3)OCCO4)cc21. The smallest absolute Gasteiger partial charge is 0.234 e. The van der Waals surface area contributed by atoms with Gasteiger partial charge in [-0.25, -0.2) is 0 Å². The molecular weight excluding hydrogens is 320 g/mol. The number of amides is 2. The molecule has 0 unspecified atom stereocenters. The molecule has 0 radical (unpaired) electrons. The first-order chi connectivity index (χ1) is 11.9. The van der Waals surface area contributed by atoms with Crippen molar-refractivity contribution < 1.29 is 19.1 Å². The van der Waals surface area contributed by atoms with E-state index in [9.17, 15) is 9.59 Å². The van der Waals surface area contributed by atoms with Gasteiger partial charge in [-0.15, -0.1) is 0 Å². The van der Waals surface area contributed by atoms with Crippen LogP contribution in [0.3, 0.4) is 0 Å². The molecule has 0 aliphatic carbocycles. The molecule has 0 saturated carbocycles. The second-order valence-corrected chi connectivity index (χ2v) is 7.62. The second-order valence-electron chi connectivity index (χ2n) is 7.62. The molecule has 1 aromatic rings. The quantitative estimate of drug-likeness (QED) is 0.889. The molecular formula is C19H24N2O4. The van der Waals surface area contributed by atoms with Gasteiger partial charge in [0.05, 0.1) is 25.0 Å². The van der Waals surface area contributed by atoms with Crippen LogP contribution in [0.5, 0.6) is 0 Å². The number of fused-ring (bicyclic) bond motifs is 1. The molecule has 2 saturated heterocycles. The van der Waals surface area contributed by atoms with Crippen LogP contribution >= 0.6 is 0 Å². The summed E-state index contributed by atoms with van der Waals surface area (Å²) < 4.78 is 11.4. The van der Waals surface area contributed by atoms with Crippen LogP contribution in [0.15, 0.2) is 18.2 Å². The lowest BCUT2D eigenvalue weighted by molar-refractivity contribution is -0.187. The zero-order chi connectivity index (χ0) is 17.7. The predicted molar refractivity (Wildman–Crippen MR) is 92.3 cm³/mol. The van der Waals surface area contributed by atoms with Crippen molar-refractivity contribution in [3.05, 3.63) is 29.3 Å². The molecule has 3 aliphatic rings. The molecule has 134 valence electrons. The average Bonchev–Trinajstić information content (AvgIpc) is 3.12. The van der Waals surface area contributed by atoms with E-state index >= 15 is 0 Å². The van der Waals surface area contributed by atoms with Crippen LogP contribution in [0.1, 0.15) is 37.8 Å². The van der Waals surface area contributed by atoms with Crippen molar-refractivity contribution in [1.29, 1.82) is 0 Å². The first-order valence-corrected chi connectivity index (χ1v) is 8.90. The van der Waals surface area contributed by atoms with E-state index in [-0.39, 0.29) is 11.8 Å². The molecule has 2 fully saturated rings. The van der Waals surface area contributed by atoms with Gasteiger partial charge in [-0.1, -0.05) is 12.1 Å². The topological polar surface area (TPSA) is 67.9 Å². The summed E-state index contributed by atoms with van der Waals surface area (Å²) >= 11 is 0. The number of carbonyl (C=O) groups excluding carboxylic acids is 2. The standard InChI is InChI=1S/C19H24N2O4/c1-18(2)14-11-13(3-4-15(14)20-17(18)23)12-16(22)21-7-5-19(6-8-21)24-9-10-25-19/h3-4,11H,5-10,12H2,1-2H3,(H,20,23). The van der Waals surface area contributed by atoms with Crippen LogP contribution in [0, 0.1) is 0 Å². The van der Waals surface area contributed by atoms with Crippen LogP contribution < -0.4 is 5.32 Å². The Balaban J connectivity index is 1.42. The van der Waals surface area contributed by atoms with E-state index in [0.29, 0.717) is 32.7 Å². The molecule has 0 atom stereocenters. The number of carbonyl (C=O) groups is 2. The first-order valence-electron chi connectivity index (χ1n) is 8.90. The van der Waals surface area contributed by atoms with E-state index < -0.39 is 11.2 Å². The van der Waals surface area contributed by atoms with Gasteiger partial charge in [0.1, 0.15) is 0 Å². The van der Waals surface area contributed by atoms with Gasteiger partial charge in [0, 0.05) is 31.6 Å². The summed E-state index contributed by atoms with van der Waals surface area (Å²) in [6.45, 7) is 6.43. The Kier molecular flexibility index (Phi) is 3.85. The zero-order valence-corrected chi connectivity index (χ0v) is 14.8. The first kappa shape index (κ1) is 16.5. The van der Waals surface area contributed by atoms with E-state index in [4.69, 9.17) is 9.47 Å². The lowest BCUT2D eigenvalue weighted by Crippen LogP contribution is -2.47. The summed E-state index contributed by atoms with van der Waals surface area (Å²) in [5.41, 5.74) is 2.21. The normalized spacial score (nSPS) is 23.6. The summed E-state index contributed by atoms with van der Waals surface area (Å²) in [7, 11) is 0. The Morgan fingerprint density at radius 2 is 1.88 bits per heavy atom. The number of piperidine rings is 1. The maximum Gasteiger partial charge on any atom is 0.234 e. The van der Waals surface area contributed by atoms with Crippen molar-refractivity contribution in [3.8, 4) is 0 Å². The van der Waals surface area contributed by atoms with Crippen LogP contribution in [-0.4, -0.2) is 48.8 Å². The molecule has 0 bridgehead atoms. The minimum absolute atomic E-state index is 0.00358. The lowest BCUT2D eigenvalue weighted by Gasteiger charge is -2.37. The molecule has 2 amide bonds. The van der Waals surface area contributed by atoms with Crippen molar-refractivity contribution in [2.24, 2.45) is 0 Å². The molecule has 1 spiro atoms. The number of nitrogens with one attached hydrogen (secondary N) is 1. The van der Waals surface area contributed by atoms with E-state index in [1.165, 1.54) is 0 Å². The average molecular weight is 344 g/mol. The van der Waals surface area contributed by atoms with Gasteiger partial charge in [0.15, 0.2) is 5.79 Å². The van der Waals surface area contributed by atoms with Gasteiger partial charge in [-0.05, 0) is 31.0 Å². The fourth-order valence-electron chi connectivity index (χ4n) is 3.90. The van der Waals surface area contributed by atoms with Crippen molar-refractivity contribution in [2.75, 3.05) is 31.6 Å². The maximum absolute atomic E-state index is 12.7. The summed E-state index contributed by atoms with van der Waals surface area (Å²) in [5.74, 6) is -0.341. The van der Waals surface area contributed by atoms with Gasteiger partial charge in [0.25, 0.3) is 0 Å². The summed E-state index contributed by atoms with van der Waals surface area (Å²) in [5, 5.41) is 2.90. The number of hydrogen-bond acceptors (Lipinski definition) is 4. The molecule has 6 heteroatoms. The Bertz CT molecular complexity index is 712. The van der Waals surface area contributed by atoms with Crippen molar-refractivity contribution in [1.82, 2.24) is 4.90 Å². The van der Waals surface area contributed by atoms with Crippen molar-refractivity contribution in [3.63, 3.8) is 0 Å². The highest BCUT2D eigenvalue weighted by atomic mass is 16.7. The number of rotatable bonds is 2. The predicted octanol–water partition coefficient (Wildman–Crippen LogP) is 1.82. The van der Waals surface area contributed by atoms with Crippen molar-refractivity contribution in [2.45, 2.75) is 44.3 Å². The lowest BCUT2D eigenvalue weighted by atomic mass is 9.85. The number of benzene rings is 1. The van der Waals surface area contributed by atoms with E-state index in [1.807, 2.05) is 36.9 Å².